The number of nitrogens with two attached hydrogens (primary N) is 1. The lowest BCUT2D eigenvalue weighted by Crippen LogP contribution is -2.28. The van der Waals surface area contributed by atoms with Crippen LogP contribution in [0.1, 0.15) is 17.4 Å². The Morgan fingerprint density at radius 3 is 2.89 bits per heavy atom. The Morgan fingerprint density at radius 2 is 2.11 bits per heavy atom. The number of furan rings is 1. The summed E-state index contributed by atoms with van der Waals surface area (Å²) in [5.74, 6) is 6.41. The number of hydrogen-bond acceptors (Lipinski definition) is 4. The number of pyridine rings is 1. The number of hydrogen-bond donors (Lipinski definition) is 2. The molecule has 90 valence electrons. The van der Waals surface area contributed by atoms with Gasteiger partial charge >= 0.3 is 0 Å². The van der Waals surface area contributed by atoms with Crippen LogP contribution in [-0.2, 0) is 0 Å². The minimum atomic E-state index is -0.149. The van der Waals surface area contributed by atoms with E-state index in [0.29, 0.717) is 0 Å². The van der Waals surface area contributed by atoms with Gasteiger partial charge in [0, 0.05) is 11.6 Å². The van der Waals surface area contributed by atoms with Crippen LogP contribution < -0.4 is 11.3 Å². The highest BCUT2D eigenvalue weighted by atomic mass is 16.3. The Bertz CT molecular complexity index is 649. The fraction of sp³-hybridized carbons (Fsp3) is 0.0714. The first-order valence-electron chi connectivity index (χ1n) is 5.73. The van der Waals surface area contributed by atoms with E-state index in [1.165, 1.54) is 0 Å². The average Bonchev–Trinajstić information content (AvgIpc) is 2.93. The molecule has 4 nitrogen and oxygen atoms in total. The highest BCUT2D eigenvalue weighted by Gasteiger charge is 2.15. The van der Waals surface area contributed by atoms with Gasteiger partial charge in [0.25, 0.3) is 0 Å². The Labute approximate surface area is 104 Å². The molecule has 3 rings (SSSR count). The van der Waals surface area contributed by atoms with E-state index in [9.17, 15) is 0 Å². The molecule has 0 saturated heterocycles. The van der Waals surface area contributed by atoms with Crippen LogP contribution in [0.4, 0.5) is 0 Å². The molecule has 0 amide bonds. The summed E-state index contributed by atoms with van der Waals surface area (Å²) in [6.45, 7) is 0. The maximum absolute atomic E-state index is 5.61. The van der Waals surface area contributed by atoms with Crippen molar-refractivity contribution in [2.75, 3.05) is 0 Å². The third kappa shape index (κ3) is 1.88. The van der Waals surface area contributed by atoms with Crippen molar-refractivity contribution in [3.8, 4) is 0 Å². The lowest BCUT2D eigenvalue weighted by Gasteiger charge is -2.14. The van der Waals surface area contributed by atoms with E-state index in [1.54, 1.807) is 12.5 Å². The summed E-state index contributed by atoms with van der Waals surface area (Å²) in [5.41, 5.74) is 4.79. The second kappa shape index (κ2) is 4.60. The molecule has 3 N–H and O–H groups in total. The van der Waals surface area contributed by atoms with Gasteiger partial charge in [-0.15, -0.1) is 0 Å². The van der Waals surface area contributed by atoms with Gasteiger partial charge in [-0.3, -0.25) is 10.8 Å². The third-order valence-electron chi connectivity index (χ3n) is 2.95. The summed E-state index contributed by atoms with van der Waals surface area (Å²) in [6, 6.07) is 13.6. The van der Waals surface area contributed by atoms with E-state index < -0.39 is 0 Å². The summed E-state index contributed by atoms with van der Waals surface area (Å²) in [4.78, 5) is 4.30. The predicted molar refractivity (Wildman–Crippen MR) is 69.6 cm³/mol. The molecule has 1 aromatic carbocycles. The van der Waals surface area contributed by atoms with Gasteiger partial charge in [0.2, 0.25) is 0 Å². The largest absolute Gasteiger partial charge is 0.467 e. The molecule has 0 aliphatic carbocycles. The SMILES string of the molecule is NNC(c1ccc2ncccc2c1)c1ccco1. The fourth-order valence-electron chi connectivity index (χ4n) is 2.07. The molecule has 2 heterocycles. The summed E-state index contributed by atoms with van der Waals surface area (Å²) >= 11 is 0. The molecule has 18 heavy (non-hydrogen) atoms. The highest BCUT2D eigenvalue weighted by Crippen LogP contribution is 2.24. The maximum Gasteiger partial charge on any atom is 0.126 e. The number of benzene rings is 1. The van der Waals surface area contributed by atoms with Gasteiger partial charge in [-0.2, -0.15) is 0 Å². The minimum absolute atomic E-state index is 0.149. The van der Waals surface area contributed by atoms with Crippen LogP contribution in [0.5, 0.6) is 0 Å². The van der Waals surface area contributed by atoms with Gasteiger partial charge in [0.05, 0.1) is 11.8 Å². The van der Waals surface area contributed by atoms with E-state index in [2.05, 4.69) is 16.5 Å². The second-order valence-electron chi connectivity index (χ2n) is 4.07. The first kappa shape index (κ1) is 11.0. The zero-order chi connectivity index (χ0) is 12.4. The van der Waals surface area contributed by atoms with E-state index >= 15 is 0 Å². The molecule has 0 aliphatic rings. The molecule has 1 unspecified atom stereocenters. The Morgan fingerprint density at radius 1 is 1.17 bits per heavy atom. The predicted octanol–water partition coefficient (Wildman–Crippen LogP) is 2.38. The number of aromatic nitrogens is 1. The van der Waals surface area contributed by atoms with Gasteiger partial charge in [0.1, 0.15) is 11.8 Å². The zero-order valence-corrected chi connectivity index (χ0v) is 9.71. The number of nitrogens with zero attached hydrogens (tertiary/aromatic N) is 1. The first-order valence-corrected chi connectivity index (χ1v) is 5.73. The standard InChI is InChI=1S/C14H13N3O/c15-17-14(13-4-2-8-18-13)11-5-6-12-10(9-11)3-1-7-16-12/h1-9,14,17H,15H2. The summed E-state index contributed by atoms with van der Waals surface area (Å²) in [5, 5.41) is 1.09. The van der Waals surface area contributed by atoms with E-state index in [4.69, 9.17) is 10.3 Å². The van der Waals surface area contributed by atoms with Crippen molar-refractivity contribution >= 4 is 10.9 Å². The Hall–Kier alpha value is -2.17. The molecule has 4 heteroatoms. The Balaban J connectivity index is 2.07. The van der Waals surface area contributed by atoms with Crippen LogP contribution in [0.3, 0.4) is 0 Å². The molecule has 0 radical (unpaired) electrons. The average molecular weight is 239 g/mol. The van der Waals surface area contributed by atoms with Crippen LogP contribution in [-0.4, -0.2) is 4.98 Å². The van der Waals surface area contributed by atoms with Crippen molar-refractivity contribution in [3.05, 3.63) is 66.2 Å². The molecular formula is C14H13N3O. The quantitative estimate of drug-likeness (QED) is 0.544. The van der Waals surface area contributed by atoms with Crippen LogP contribution >= 0.6 is 0 Å². The van der Waals surface area contributed by atoms with Crippen molar-refractivity contribution in [1.82, 2.24) is 10.4 Å². The lowest BCUT2D eigenvalue weighted by atomic mass is 10.0. The van der Waals surface area contributed by atoms with Crippen molar-refractivity contribution in [2.45, 2.75) is 6.04 Å². The lowest BCUT2D eigenvalue weighted by molar-refractivity contribution is 0.452. The second-order valence-corrected chi connectivity index (χ2v) is 4.07. The van der Waals surface area contributed by atoms with E-state index in [-0.39, 0.29) is 6.04 Å². The fourth-order valence-corrected chi connectivity index (χ4v) is 2.07. The molecule has 0 saturated carbocycles. The van der Waals surface area contributed by atoms with Crippen LogP contribution in [0, 0.1) is 0 Å². The molecular weight excluding hydrogens is 226 g/mol. The number of rotatable bonds is 3. The van der Waals surface area contributed by atoms with Crippen LogP contribution in [0.25, 0.3) is 10.9 Å². The normalized spacial score (nSPS) is 12.7. The van der Waals surface area contributed by atoms with Crippen molar-refractivity contribution < 1.29 is 4.42 Å². The molecule has 1 atom stereocenters. The molecule has 2 aromatic heterocycles. The topological polar surface area (TPSA) is 64.1 Å². The monoisotopic (exact) mass is 239 g/mol. The smallest absolute Gasteiger partial charge is 0.126 e. The summed E-state index contributed by atoms with van der Waals surface area (Å²) in [7, 11) is 0. The van der Waals surface area contributed by atoms with E-state index in [0.717, 1.165) is 22.2 Å². The van der Waals surface area contributed by atoms with E-state index in [1.807, 2.05) is 36.4 Å². The molecule has 0 spiro atoms. The Kier molecular flexibility index (Phi) is 2.80. The van der Waals surface area contributed by atoms with Gasteiger partial charge < -0.3 is 4.42 Å². The minimum Gasteiger partial charge on any atom is -0.467 e. The highest BCUT2D eigenvalue weighted by molar-refractivity contribution is 5.79. The number of fused-ring (bicyclic) bond motifs is 1. The van der Waals surface area contributed by atoms with Gasteiger partial charge in [0.15, 0.2) is 0 Å². The molecule has 0 aliphatic heterocycles. The van der Waals surface area contributed by atoms with Gasteiger partial charge in [-0.05, 0) is 35.9 Å². The van der Waals surface area contributed by atoms with Crippen molar-refractivity contribution in [3.63, 3.8) is 0 Å². The zero-order valence-electron chi connectivity index (χ0n) is 9.71. The van der Waals surface area contributed by atoms with Gasteiger partial charge in [-0.1, -0.05) is 12.1 Å². The van der Waals surface area contributed by atoms with Crippen LogP contribution in [0.2, 0.25) is 0 Å². The summed E-state index contributed by atoms with van der Waals surface area (Å²) < 4.78 is 5.39. The molecule has 0 bridgehead atoms. The van der Waals surface area contributed by atoms with Crippen molar-refractivity contribution in [1.29, 1.82) is 0 Å². The van der Waals surface area contributed by atoms with Crippen molar-refractivity contribution in [2.24, 2.45) is 5.84 Å². The maximum atomic E-state index is 5.61. The van der Waals surface area contributed by atoms with Crippen LogP contribution in [0.15, 0.2) is 59.3 Å². The number of nitrogens with one attached hydrogen (secondary N) is 1. The number of hydrazine groups is 1. The first-order chi connectivity index (χ1) is 8.88. The third-order valence-corrected chi connectivity index (χ3v) is 2.95. The molecule has 3 aromatic rings. The van der Waals surface area contributed by atoms with Gasteiger partial charge in [-0.25, -0.2) is 5.43 Å². The molecule has 0 fully saturated rings. The summed E-state index contributed by atoms with van der Waals surface area (Å²) in [6.07, 6.45) is 3.43.